The largest absolute Gasteiger partial charge is 0.374 e. The maximum Gasteiger partial charge on any atom is 0.241 e. The van der Waals surface area contributed by atoms with E-state index in [0.717, 1.165) is 30.3 Å². The molecule has 8 nitrogen and oxygen atoms in total. The molecular formula is C18H21FN6O2. The lowest BCUT2D eigenvalue weighted by Gasteiger charge is -2.26. The molecule has 3 aromatic rings. The van der Waals surface area contributed by atoms with Crippen molar-refractivity contribution >= 4 is 0 Å². The number of benzene rings is 1. The van der Waals surface area contributed by atoms with Crippen molar-refractivity contribution in [3.8, 4) is 11.4 Å². The molecule has 0 amide bonds. The number of rotatable bonds is 6. The normalized spacial score (nSPS) is 14.5. The Morgan fingerprint density at radius 1 is 1.26 bits per heavy atom. The van der Waals surface area contributed by atoms with Crippen molar-refractivity contribution < 1.29 is 13.7 Å². The molecule has 0 fully saturated rings. The van der Waals surface area contributed by atoms with Gasteiger partial charge in [-0.25, -0.2) is 4.39 Å². The van der Waals surface area contributed by atoms with Crippen molar-refractivity contribution in [1.29, 1.82) is 0 Å². The Morgan fingerprint density at radius 3 is 2.96 bits per heavy atom. The van der Waals surface area contributed by atoms with Gasteiger partial charge < -0.3 is 13.8 Å². The van der Waals surface area contributed by atoms with Crippen molar-refractivity contribution in [3.63, 3.8) is 0 Å². The number of aryl methyl sites for hydroxylation is 1. The third-order valence-corrected chi connectivity index (χ3v) is 4.59. The SMILES string of the molecule is CCOCc1nnc2n1CCN(Cc1nc(-c3ccc(F)c(C)c3)no1)C2. The van der Waals surface area contributed by atoms with Crippen LogP contribution in [0.5, 0.6) is 0 Å². The fourth-order valence-electron chi connectivity index (χ4n) is 3.11. The van der Waals surface area contributed by atoms with Gasteiger partial charge in [-0.3, -0.25) is 4.90 Å². The van der Waals surface area contributed by atoms with Crippen LogP contribution in [-0.2, 0) is 31.0 Å². The summed E-state index contributed by atoms with van der Waals surface area (Å²) in [6.07, 6.45) is 0. The third-order valence-electron chi connectivity index (χ3n) is 4.59. The lowest BCUT2D eigenvalue weighted by Crippen LogP contribution is -2.34. The van der Waals surface area contributed by atoms with Crippen molar-refractivity contribution in [2.75, 3.05) is 13.2 Å². The summed E-state index contributed by atoms with van der Waals surface area (Å²) in [7, 11) is 0. The molecule has 0 aliphatic carbocycles. The molecule has 1 aromatic carbocycles. The van der Waals surface area contributed by atoms with E-state index < -0.39 is 0 Å². The summed E-state index contributed by atoms with van der Waals surface area (Å²) >= 11 is 0. The molecule has 3 heterocycles. The predicted molar refractivity (Wildman–Crippen MR) is 93.9 cm³/mol. The number of nitrogens with zero attached hydrogens (tertiary/aromatic N) is 6. The average molecular weight is 372 g/mol. The Morgan fingerprint density at radius 2 is 2.15 bits per heavy atom. The van der Waals surface area contributed by atoms with Crippen molar-refractivity contribution in [3.05, 3.63) is 47.1 Å². The molecule has 142 valence electrons. The van der Waals surface area contributed by atoms with Gasteiger partial charge in [0.1, 0.15) is 18.2 Å². The van der Waals surface area contributed by atoms with Gasteiger partial charge in [0, 0.05) is 25.3 Å². The highest BCUT2D eigenvalue weighted by molar-refractivity contribution is 5.55. The minimum Gasteiger partial charge on any atom is -0.374 e. The fourth-order valence-corrected chi connectivity index (χ4v) is 3.11. The molecule has 27 heavy (non-hydrogen) atoms. The number of fused-ring (bicyclic) bond motifs is 1. The molecule has 0 bridgehead atoms. The zero-order valence-corrected chi connectivity index (χ0v) is 15.4. The van der Waals surface area contributed by atoms with Crippen molar-refractivity contribution in [2.45, 2.75) is 40.1 Å². The summed E-state index contributed by atoms with van der Waals surface area (Å²) in [5.41, 5.74) is 1.29. The van der Waals surface area contributed by atoms with E-state index in [2.05, 4.69) is 29.8 Å². The van der Waals surface area contributed by atoms with Gasteiger partial charge in [-0.05, 0) is 37.6 Å². The van der Waals surface area contributed by atoms with Crippen LogP contribution in [0.25, 0.3) is 11.4 Å². The number of halogens is 1. The highest BCUT2D eigenvalue weighted by atomic mass is 19.1. The van der Waals surface area contributed by atoms with Crippen LogP contribution in [0.3, 0.4) is 0 Å². The zero-order valence-electron chi connectivity index (χ0n) is 15.4. The molecule has 0 radical (unpaired) electrons. The molecule has 1 aliphatic rings. The first-order valence-electron chi connectivity index (χ1n) is 8.94. The van der Waals surface area contributed by atoms with Gasteiger partial charge in [-0.15, -0.1) is 10.2 Å². The summed E-state index contributed by atoms with van der Waals surface area (Å²) in [5, 5.41) is 12.5. The van der Waals surface area contributed by atoms with Gasteiger partial charge in [-0.1, -0.05) is 5.16 Å². The van der Waals surface area contributed by atoms with Crippen LogP contribution in [0.2, 0.25) is 0 Å². The second-order valence-electron chi connectivity index (χ2n) is 6.51. The number of hydrogen-bond acceptors (Lipinski definition) is 7. The van der Waals surface area contributed by atoms with Crippen LogP contribution in [0.15, 0.2) is 22.7 Å². The highest BCUT2D eigenvalue weighted by Gasteiger charge is 2.23. The van der Waals surface area contributed by atoms with E-state index in [0.29, 0.717) is 43.6 Å². The number of hydrogen-bond donors (Lipinski definition) is 0. The molecule has 0 spiro atoms. The molecule has 0 unspecified atom stereocenters. The van der Waals surface area contributed by atoms with Crippen LogP contribution in [-0.4, -0.2) is 43.0 Å². The third kappa shape index (κ3) is 3.74. The zero-order chi connectivity index (χ0) is 18.8. The van der Waals surface area contributed by atoms with Gasteiger partial charge in [0.2, 0.25) is 11.7 Å². The van der Waals surface area contributed by atoms with E-state index in [9.17, 15) is 4.39 Å². The van der Waals surface area contributed by atoms with Crippen molar-refractivity contribution in [1.82, 2.24) is 29.8 Å². The van der Waals surface area contributed by atoms with Gasteiger partial charge >= 0.3 is 0 Å². The molecule has 1 aliphatic heterocycles. The fraction of sp³-hybridized carbons (Fsp3) is 0.444. The first-order valence-corrected chi connectivity index (χ1v) is 8.94. The Kier molecular flexibility index (Phi) is 4.95. The molecular weight excluding hydrogens is 351 g/mol. The Balaban J connectivity index is 1.43. The van der Waals surface area contributed by atoms with E-state index in [1.54, 1.807) is 19.1 Å². The summed E-state index contributed by atoms with van der Waals surface area (Å²) < 4.78 is 26.3. The minimum absolute atomic E-state index is 0.247. The van der Waals surface area contributed by atoms with Crippen LogP contribution in [0.1, 0.15) is 30.0 Å². The second kappa shape index (κ2) is 7.53. The molecule has 0 atom stereocenters. The van der Waals surface area contributed by atoms with Crippen LogP contribution in [0.4, 0.5) is 4.39 Å². The first kappa shape index (κ1) is 17.7. The lowest BCUT2D eigenvalue weighted by molar-refractivity contribution is 0.121. The smallest absolute Gasteiger partial charge is 0.241 e. The Hall–Kier alpha value is -2.65. The topological polar surface area (TPSA) is 82.1 Å². The minimum atomic E-state index is -0.247. The number of aromatic nitrogens is 5. The average Bonchev–Trinajstić information content (AvgIpc) is 3.29. The molecule has 2 aromatic heterocycles. The lowest BCUT2D eigenvalue weighted by atomic mass is 10.1. The molecule has 4 rings (SSSR count). The van der Waals surface area contributed by atoms with Gasteiger partial charge in [0.25, 0.3) is 0 Å². The van der Waals surface area contributed by atoms with E-state index in [1.165, 1.54) is 6.07 Å². The van der Waals surface area contributed by atoms with Crippen LogP contribution >= 0.6 is 0 Å². The van der Waals surface area contributed by atoms with E-state index in [4.69, 9.17) is 9.26 Å². The summed E-state index contributed by atoms with van der Waals surface area (Å²) in [4.78, 5) is 6.62. The Labute approximate surface area is 156 Å². The van der Waals surface area contributed by atoms with Crippen molar-refractivity contribution in [2.24, 2.45) is 0 Å². The predicted octanol–water partition coefficient (Wildman–Crippen LogP) is 2.33. The maximum absolute atomic E-state index is 13.4. The first-order chi connectivity index (χ1) is 13.1. The summed E-state index contributed by atoms with van der Waals surface area (Å²) in [5.74, 6) is 2.51. The van der Waals surface area contributed by atoms with Crippen LogP contribution in [0, 0.1) is 12.7 Å². The molecule has 0 saturated heterocycles. The maximum atomic E-state index is 13.4. The Bertz CT molecular complexity index is 938. The van der Waals surface area contributed by atoms with Gasteiger partial charge in [0.15, 0.2) is 5.82 Å². The monoisotopic (exact) mass is 372 g/mol. The van der Waals surface area contributed by atoms with E-state index >= 15 is 0 Å². The van der Waals surface area contributed by atoms with Gasteiger partial charge in [0.05, 0.1) is 13.1 Å². The van der Waals surface area contributed by atoms with Crippen LogP contribution < -0.4 is 0 Å². The van der Waals surface area contributed by atoms with E-state index in [-0.39, 0.29) is 5.82 Å². The van der Waals surface area contributed by atoms with Gasteiger partial charge in [-0.2, -0.15) is 4.98 Å². The summed E-state index contributed by atoms with van der Waals surface area (Å²) in [6, 6.07) is 4.78. The molecule has 9 heteroatoms. The standard InChI is InChI=1S/C18H21FN6O2/c1-3-26-11-16-22-21-15-9-24(6-7-25(15)16)10-17-20-18(23-27-17)13-4-5-14(19)12(2)8-13/h4-5,8H,3,6-7,9-11H2,1-2H3. The second-order valence-corrected chi connectivity index (χ2v) is 6.51. The van der Waals surface area contributed by atoms with E-state index in [1.807, 2.05) is 6.92 Å². The summed E-state index contributed by atoms with van der Waals surface area (Å²) in [6.45, 7) is 7.62. The molecule has 0 N–H and O–H groups in total. The number of ether oxygens (including phenoxy) is 1. The highest BCUT2D eigenvalue weighted by Crippen LogP contribution is 2.20. The molecule has 0 saturated carbocycles. The quantitative estimate of drug-likeness (QED) is 0.657.